The van der Waals surface area contributed by atoms with Gasteiger partial charge in [0.15, 0.2) is 11.4 Å². The summed E-state index contributed by atoms with van der Waals surface area (Å²) in [6.45, 7) is 1.89. The summed E-state index contributed by atoms with van der Waals surface area (Å²) in [5, 5.41) is 40.8. The molecule has 1 rings (SSSR count). The van der Waals surface area contributed by atoms with E-state index in [1.807, 2.05) is 6.92 Å². The van der Waals surface area contributed by atoms with Crippen LogP contribution in [0.5, 0.6) is 0 Å². The quantitative estimate of drug-likeness (QED) is 0.345. The van der Waals surface area contributed by atoms with Gasteiger partial charge in [0.05, 0.1) is 6.07 Å². The van der Waals surface area contributed by atoms with Gasteiger partial charge in [0.1, 0.15) is 5.69 Å². The van der Waals surface area contributed by atoms with Crippen molar-refractivity contribution in [3.63, 3.8) is 0 Å². The van der Waals surface area contributed by atoms with E-state index >= 15 is 0 Å². The maximum atomic E-state index is 10.9. The predicted octanol–water partition coefficient (Wildman–Crippen LogP) is -0.699. The van der Waals surface area contributed by atoms with Crippen molar-refractivity contribution in [3.05, 3.63) is 28.6 Å². The number of nitrogens with zero attached hydrogens (tertiary/aromatic N) is 1. The Morgan fingerprint density at radius 1 is 1.35 bits per heavy atom. The van der Waals surface area contributed by atoms with E-state index in [-0.39, 0.29) is 17.1 Å². The van der Waals surface area contributed by atoms with Gasteiger partial charge in [-0.1, -0.05) is 6.92 Å². The number of benzene rings is 1. The molecule has 8 heteroatoms. The summed E-state index contributed by atoms with van der Waals surface area (Å²) in [6, 6.07) is 3.78. The van der Waals surface area contributed by atoms with E-state index < -0.39 is 10.5 Å². The highest BCUT2D eigenvalue weighted by Gasteiger charge is 2.12. The second kappa shape index (κ2) is 6.25. The Hall–Kier alpha value is -1.55. The maximum absolute atomic E-state index is 10.9. The zero-order valence-electron chi connectivity index (χ0n) is 9.17. The first-order valence-electron chi connectivity index (χ1n) is 4.94. The molecule has 0 aliphatic rings. The number of hydrazone groups is 1. The summed E-state index contributed by atoms with van der Waals surface area (Å²) >= 11 is 0. The SMILES string of the molecule is CCC=NNc1ccc([NH+]([O-])O)cc1[NH+]([O-])O. The lowest BCUT2D eigenvalue weighted by molar-refractivity contribution is -0.996. The smallest absolute Gasteiger partial charge is 0.195 e. The summed E-state index contributed by atoms with van der Waals surface area (Å²) in [5.41, 5.74) is 2.61. The Labute approximate surface area is 97.5 Å². The Morgan fingerprint density at radius 3 is 2.59 bits per heavy atom. The highest BCUT2D eigenvalue weighted by Crippen LogP contribution is 2.20. The van der Waals surface area contributed by atoms with Crippen molar-refractivity contribution in [2.24, 2.45) is 5.10 Å². The number of nitrogens with one attached hydrogen (secondary N) is 3. The van der Waals surface area contributed by atoms with Gasteiger partial charge in [-0.15, -0.1) is 0 Å². The molecule has 1 aromatic rings. The van der Waals surface area contributed by atoms with Crippen LogP contribution in [0.15, 0.2) is 23.3 Å². The van der Waals surface area contributed by atoms with Gasteiger partial charge in [-0.2, -0.15) is 15.6 Å². The lowest BCUT2D eigenvalue weighted by Crippen LogP contribution is -3.00. The molecule has 0 saturated heterocycles. The molecule has 0 fully saturated rings. The van der Waals surface area contributed by atoms with E-state index in [4.69, 9.17) is 10.4 Å². The van der Waals surface area contributed by atoms with Crippen LogP contribution in [0.2, 0.25) is 0 Å². The van der Waals surface area contributed by atoms with Gasteiger partial charge in [0, 0.05) is 12.3 Å². The normalized spacial score (nSPS) is 14.9. The Morgan fingerprint density at radius 2 is 2.06 bits per heavy atom. The number of rotatable bonds is 5. The van der Waals surface area contributed by atoms with Crippen molar-refractivity contribution in [1.29, 1.82) is 0 Å². The van der Waals surface area contributed by atoms with Crippen molar-refractivity contribution < 1.29 is 20.9 Å². The van der Waals surface area contributed by atoms with Crippen molar-refractivity contribution in [1.82, 2.24) is 0 Å². The molecule has 0 radical (unpaired) electrons. The van der Waals surface area contributed by atoms with Crippen LogP contribution in [0.1, 0.15) is 13.3 Å². The molecule has 2 atom stereocenters. The van der Waals surface area contributed by atoms with E-state index in [0.717, 1.165) is 6.07 Å². The predicted molar refractivity (Wildman–Crippen MR) is 60.4 cm³/mol. The van der Waals surface area contributed by atoms with Crippen LogP contribution in [0.25, 0.3) is 0 Å². The third-order valence-corrected chi connectivity index (χ3v) is 1.96. The average Bonchev–Trinajstić information content (AvgIpc) is 2.29. The topological polar surface area (TPSA) is 120 Å². The Kier molecular flexibility index (Phi) is 4.97. The minimum atomic E-state index is -1.21. The first-order chi connectivity index (χ1) is 8.06. The van der Waals surface area contributed by atoms with Gasteiger partial charge in [0.25, 0.3) is 0 Å². The van der Waals surface area contributed by atoms with E-state index in [1.54, 1.807) is 6.21 Å². The van der Waals surface area contributed by atoms with Crippen molar-refractivity contribution in [3.8, 4) is 0 Å². The van der Waals surface area contributed by atoms with Crippen LogP contribution >= 0.6 is 0 Å². The molecule has 0 heterocycles. The van der Waals surface area contributed by atoms with Gasteiger partial charge in [-0.05, 0) is 12.5 Å². The number of hydrogen-bond donors (Lipinski definition) is 5. The lowest BCUT2D eigenvalue weighted by Gasteiger charge is -2.17. The molecule has 0 saturated carbocycles. The summed E-state index contributed by atoms with van der Waals surface area (Å²) < 4.78 is 0. The number of quaternary nitrogens is 2. The molecular weight excluding hydrogens is 228 g/mol. The second-order valence-electron chi connectivity index (χ2n) is 3.20. The molecule has 0 aliphatic carbocycles. The highest BCUT2D eigenvalue weighted by atomic mass is 16.8. The fourth-order valence-corrected chi connectivity index (χ4v) is 1.16. The third-order valence-electron chi connectivity index (χ3n) is 1.96. The van der Waals surface area contributed by atoms with Gasteiger partial charge in [0.2, 0.25) is 0 Å². The highest BCUT2D eigenvalue weighted by molar-refractivity contribution is 5.66. The number of anilines is 1. The van der Waals surface area contributed by atoms with E-state index in [2.05, 4.69) is 10.5 Å². The van der Waals surface area contributed by atoms with E-state index in [9.17, 15) is 10.4 Å². The average molecular weight is 242 g/mol. The van der Waals surface area contributed by atoms with Gasteiger partial charge < -0.3 is 10.4 Å². The zero-order chi connectivity index (χ0) is 12.8. The standard InChI is InChI=1S/C9H14N4O4/c1-2-5-10-11-8-4-3-7(12(14)15)6-9(8)13(16)17/h3-6,11-14,16H,2H2,1H3. The van der Waals surface area contributed by atoms with Gasteiger partial charge in [-0.3, -0.25) is 5.43 Å². The molecule has 0 aliphatic heterocycles. The number of hydrogen-bond acceptors (Lipinski definition) is 6. The zero-order valence-corrected chi connectivity index (χ0v) is 9.17. The molecule has 5 N–H and O–H groups in total. The molecule has 8 nitrogen and oxygen atoms in total. The summed E-state index contributed by atoms with van der Waals surface area (Å²) in [6.07, 6.45) is 2.29. The van der Waals surface area contributed by atoms with E-state index in [1.165, 1.54) is 12.1 Å². The first-order valence-corrected chi connectivity index (χ1v) is 4.94. The largest absolute Gasteiger partial charge is 0.595 e. The van der Waals surface area contributed by atoms with Crippen LogP contribution < -0.4 is 15.9 Å². The van der Waals surface area contributed by atoms with Crippen LogP contribution in [-0.2, 0) is 0 Å². The minimum Gasteiger partial charge on any atom is -0.595 e. The van der Waals surface area contributed by atoms with Gasteiger partial charge >= 0.3 is 0 Å². The lowest BCUT2D eigenvalue weighted by atomic mass is 10.2. The molecule has 0 amide bonds. The van der Waals surface area contributed by atoms with E-state index in [0.29, 0.717) is 6.42 Å². The molecule has 0 bridgehead atoms. The molecular formula is C9H14N4O4. The molecule has 17 heavy (non-hydrogen) atoms. The summed E-state index contributed by atoms with van der Waals surface area (Å²) in [4.78, 5) is 0. The maximum Gasteiger partial charge on any atom is 0.195 e. The Balaban J connectivity index is 3.00. The third kappa shape index (κ3) is 3.75. The van der Waals surface area contributed by atoms with Crippen LogP contribution in [0, 0.1) is 10.4 Å². The van der Waals surface area contributed by atoms with Crippen molar-refractivity contribution in [2.45, 2.75) is 13.3 Å². The van der Waals surface area contributed by atoms with Gasteiger partial charge in [-0.25, -0.2) is 10.4 Å². The first kappa shape index (κ1) is 13.5. The van der Waals surface area contributed by atoms with Crippen LogP contribution in [0.3, 0.4) is 0 Å². The Bertz CT molecular complexity index is 395. The molecule has 0 aromatic heterocycles. The fraction of sp³-hybridized carbons (Fsp3) is 0.222. The fourth-order valence-electron chi connectivity index (χ4n) is 1.16. The second-order valence-corrected chi connectivity index (χ2v) is 3.20. The van der Waals surface area contributed by atoms with Crippen molar-refractivity contribution >= 4 is 23.3 Å². The monoisotopic (exact) mass is 242 g/mol. The summed E-state index contributed by atoms with van der Waals surface area (Å²) in [5.74, 6) is 0. The van der Waals surface area contributed by atoms with Crippen LogP contribution in [0.4, 0.5) is 17.1 Å². The molecule has 94 valence electrons. The molecule has 0 spiro atoms. The summed E-state index contributed by atoms with van der Waals surface area (Å²) in [7, 11) is 0. The molecule has 1 aromatic carbocycles. The minimum absolute atomic E-state index is 0.0765. The molecule has 2 unspecified atom stereocenters. The van der Waals surface area contributed by atoms with Crippen molar-refractivity contribution in [2.75, 3.05) is 5.43 Å². The van der Waals surface area contributed by atoms with Crippen LogP contribution in [-0.4, -0.2) is 16.6 Å².